The Hall–Kier alpha value is -0.860. The van der Waals surface area contributed by atoms with E-state index in [1.807, 2.05) is 0 Å². The van der Waals surface area contributed by atoms with Gasteiger partial charge in [0.25, 0.3) is 0 Å². The Bertz CT molecular complexity index is 330. The molecule has 0 atom stereocenters. The molecular formula is C17H28N2. The van der Waals surface area contributed by atoms with Gasteiger partial charge in [-0.3, -0.25) is 0 Å². The number of hydrogen-bond acceptors (Lipinski definition) is 2. The van der Waals surface area contributed by atoms with E-state index in [0.717, 1.165) is 25.6 Å². The molecule has 0 radical (unpaired) electrons. The number of nitrogens with one attached hydrogen (secondary N) is 1. The third kappa shape index (κ3) is 5.75. The minimum Gasteiger partial charge on any atom is -0.315 e. The van der Waals surface area contributed by atoms with Crippen molar-refractivity contribution >= 4 is 0 Å². The Kier molecular flexibility index (Phi) is 6.38. The van der Waals surface area contributed by atoms with Crippen molar-refractivity contribution in [1.29, 1.82) is 0 Å². The van der Waals surface area contributed by atoms with E-state index < -0.39 is 0 Å². The molecule has 1 fully saturated rings. The maximum absolute atomic E-state index is 3.63. The quantitative estimate of drug-likeness (QED) is 0.757. The van der Waals surface area contributed by atoms with Crippen LogP contribution in [0.1, 0.15) is 37.7 Å². The zero-order chi connectivity index (χ0) is 13.3. The lowest BCUT2D eigenvalue weighted by Crippen LogP contribution is -2.32. The van der Waals surface area contributed by atoms with Crippen molar-refractivity contribution in [2.75, 3.05) is 26.7 Å². The van der Waals surface area contributed by atoms with Gasteiger partial charge in [0, 0.05) is 19.6 Å². The van der Waals surface area contributed by atoms with Crippen molar-refractivity contribution in [3.63, 3.8) is 0 Å². The summed E-state index contributed by atoms with van der Waals surface area (Å²) < 4.78 is 0. The molecule has 1 aromatic rings. The molecule has 1 aliphatic rings. The van der Waals surface area contributed by atoms with Crippen LogP contribution in [0, 0.1) is 5.92 Å². The van der Waals surface area contributed by atoms with Gasteiger partial charge in [0.2, 0.25) is 0 Å². The Morgan fingerprint density at radius 3 is 2.58 bits per heavy atom. The number of likely N-dealkylation sites (N-methyl/N-ethyl adjacent to an activating group) is 1. The van der Waals surface area contributed by atoms with Crippen LogP contribution < -0.4 is 5.32 Å². The lowest BCUT2D eigenvalue weighted by molar-refractivity contribution is 0.304. The summed E-state index contributed by atoms with van der Waals surface area (Å²) in [5.41, 5.74) is 1.40. The SMILES string of the molecule is CN(CCNCC1CCCCC1)Cc1ccccc1. The van der Waals surface area contributed by atoms with Crippen LogP contribution in [-0.4, -0.2) is 31.6 Å². The minimum absolute atomic E-state index is 0.938. The molecule has 0 aliphatic heterocycles. The standard InChI is InChI=1S/C17H28N2/c1-19(15-17-10-6-3-7-11-17)13-12-18-14-16-8-4-2-5-9-16/h3,6-7,10-11,16,18H,2,4-5,8-9,12-15H2,1H3. The summed E-state index contributed by atoms with van der Waals surface area (Å²) >= 11 is 0. The third-order valence-electron chi connectivity index (χ3n) is 4.12. The molecule has 1 aromatic carbocycles. The maximum atomic E-state index is 3.63. The Labute approximate surface area is 118 Å². The first-order valence-corrected chi connectivity index (χ1v) is 7.78. The number of rotatable bonds is 7. The van der Waals surface area contributed by atoms with E-state index in [1.165, 1.54) is 44.2 Å². The molecule has 0 heterocycles. The molecule has 1 aliphatic carbocycles. The van der Waals surface area contributed by atoms with Gasteiger partial charge in [-0.2, -0.15) is 0 Å². The fraction of sp³-hybridized carbons (Fsp3) is 0.647. The van der Waals surface area contributed by atoms with E-state index in [9.17, 15) is 0 Å². The zero-order valence-corrected chi connectivity index (χ0v) is 12.3. The van der Waals surface area contributed by atoms with Crippen molar-refractivity contribution in [2.45, 2.75) is 38.6 Å². The fourth-order valence-corrected chi connectivity index (χ4v) is 2.94. The average molecular weight is 260 g/mol. The molecule has 0 unspecified atom stereocenters. The second-order valence-electron chi connectivity index (χ2n) is 5.93. The summed E-state index contributed by atoms with van der Waals surface area (Å²) in [5.74, 6) is 0.938. The highest BCUT2D eigenvalue weighted by atomic mass is 15.1. The molecule has 0 amide bonds. The van der Waals surface area contributed by atoms with Gasteiger partial charge in [0.15, 0.2) is 0 Å². The van der Waals surface area contributed by atoms with Gasteiger partial charge in [-0.1, -0.05) is 49.6 Å². The molecule has 1 N–H and O–H groups in total. The molecule has 0 spiro atoms. The van der Waals surface area contributed by atoms with Crippen molar-refractivity contribution in [2.24, 2.45) is 5.92 Å². The first kappa shape index (κ1) is 14.5. The van der Waals surface area contributed by atoms with Crippen LogP contribution in [0.15, 0.2) is 30.3 Å². The molecule has 1 saturated carbocycles. The first-order valence-electron chi connectivity index (χ1n) is 7.78. The second-order valence-corrected chi connectivity index (χ2v) is 5.93. The van der Waals surface area contributed by atoms with Gasteiger partial charge in [0.05, 0.1) is 0 Å². The summed E-state index contributed by atoms with van der Waals surface area (Å²) in [6, 6.07) is 10.7. The van der Waals surface area contributed by atoms with E-state index in [4.69, 9.17) is 0 Å². The highest BCUT2D eigenvalue weighted by Gasteiger charge is 2.12. The molecular weight excluding hydrogens is 232 g/mol. The molecule has 0 saturated heterocycles. The van der Waals surface area contributed by atoms with E-state index in [-0.39, 0.29) is 0 Å². The molecule has 2 rings (SSSR count). The molecule has 2 nitrogen and oxygen atoms in total. The van der Waals surface area contributed by atoms with Crippen LogP contribution in [0.3, 0.4) is 0 Å². The highest BCUT2D eigenvalue weighted by Crippen LogP contribution is 2.22. The molecule has 106 valence electrons. The van der Waals surface area contributed by atoms with Gasteiger partial charge in [0.1, 0.15) is 0 Å². The van der Waals surface area contributed by atoms with Crippen LogP contribution in [-0.2, 0) is 6.54 Å². The first-order chi connectivity index (χ1) is 9.34. The second kappa shape index (κ2) is 8.34. The van der Waals surface area contributed by atoms with Gasteiger partial charge in [-0.05, 0) is 37.9 Å². The Morgan fingerprint density at radius 2 is 1.84 bits per heavy atom. The van der Waals surface area contributed by atoms with Crippen molar-refractivity contribution in [3.8, 4) is 0 Å². The fourth-order valence-electron chi connectivity index (χ4n) is 2.94. The van der Waals surface area contributed by atoms with Crippen LogP contribution >= 0.6 is 0 Å². The monoisotopic (exact) mass is 260 g/mol. The summed E-state index contributed by atoms with van der Waals surface area (Å²) in [7, 11) is 2.20. The molecule has 19 heavy (non-hydrogen) atoms. The van der Waals surface area contributed by atoms with Crippen molar-refractivity contribution < 1.29 is 0 Å². The Morgan fingerprint density at radius 1 is 1.11 bits per heavy atom. The normalized spacial score (nSPS) is 16.9. The average Bonchev–Trinajstić information content (AvgIpc) is 2.46. The summed E-state index contributed by atoms with van der Waals surface area (Å²) in [5, 5.41) is 3.63. The van der Waals surface area contributed by atoms with Crippen LogP contribution in [0.5, 0.6) is 0 Å². The number of hydrogen-bond donors (Lipinski definition) is 1. The zero-order valence-electron chi connectivity index (χ0n) is 12.3. The third-order valence-corrected chi connectivity index (χ3v) is 4.12. The predicted molar refractivity (Wildman–Crippen MR) is 82.2 cm³/mol. The molecule has 0 aromatic heterocycles. The Balaban J connectivity index is 1.55. The van der Waals surface area contributed by atoms with Gasteiger partial charge in [-0.25, -0.2) is 0 Å². The van der Waals surface area contributed by atoms with E-state index in [0.29, 0.717) is 0 Å². The van der Waals surface area contributed by atoms with Gasteiger partial charge in [-0.15, -0.1) is 0 Å². The van der Waals surface area contributed by atoms with Crippen LogP contribution in [0.4, 0.5) is 0 Å². The summed E-state index contributed by atoms with van der Waals surface area (Å²) in [6.07, 6.45) is 7.22. The smallest absolute Gasteiger partial charge is 0.0231 e. The molecule has 0 bridgehead atoms. The highest BCUT2D eigenvalue weighted by molar-refractivity contribution is 5.14. The minimum atomic E-state index is 0.938. The van der Waals surface area contributed by atoms with E-state index in [1.54, 1.807) is 0 Å². The van der Waals surface area contributed by atoms with Crippen LogP contribution in [0.25, 0.3) is 0 Å². The molecule has 2 heteroatoms. The van der Waals surface area contributed by atoms with Crippen LogP contribution in [0.2, 0.25) is 0 Å². The lowest BCUT2D eigenvalue weighted by atomic mass is 9.89. The number of nitrogens with zero attached hydrogens (tertiary/aromatic N) is 1. The van der Waals surface area contributed by atoms with Crippen molar-refractivity contribution in [3.05, 3.63) is 35.9 Å². The largest absolute Gasteiger partial charge is 0.315 e. The van der Waals surface area contributed by atoms with Gasteiger partial charge < -0.3 is 10.2 Å². The predicted octanol–water partition coefficient (Wildman–Crippen LogP) is 3.29. The summed E-state index contributed by atoms with van der Waals surface area (Å²) in [4.78, 5) is 2.39. The topological polar surface area (TPSA) is 15.3 Å². The maximum Gasteiger partial charge on any atom is 0.0231 e. The van der Waals surface area contributed by atoms with Crippen molar-refractivity contribution in [1.82, 2.24) is 10.2 Å². The van der Waals surface area contributed by atoms with E-state index in [2.05, 4.69) is 47.6 Å². The lowest BCUT2D eigenvalue weighted by Gasteiger charge is -2.23. The number of benzene rings is 1. The summed E-state index contributed by atoms with van der Waals surface area (Å²) in [6.45, 7) is 4.51. The van der Waals surface area contributed by atoms with E-state index >= 15 is 0 Å². The van der Waals surface area contributed by atoms with Gasteiger partial charge >= 0.3 is 0 Å².